The van der Waals surface area contributed by atoms with Gasteiger partial charge in [0, 0.05) is 6.92 Å². The van der Waals surface area contributed by atoms with E-state index < -0.39 is 5.91 Å². The number of benzene rings is 1. The molecule has 0 fully saturated rings. The molecular formula is C16H14N2O4S. The van der Waals surface area contributed by atoms with Gasteiger partial charge in [0.2, 0.25) is 5.91 Å². The Morgan fingerprint density at radius 3 is 2.91 bits per heavy atom. The molecular weight excluding hydrogens is 316 g/mol. The number of amidine groups is 1. The number of ether oxygens (including phenoxy) is 2. The van der Waals surface area contributed by atoms with Crippen molar-refractivity contribution in [3.05, 3.63) is 28.7 Å². The summed E-state index contributed by atoms with van der Waals surface area (Å²) in [6.45, 7) is 1.49. The highest BCUT2D eigenvalue weighted by atomic mass is 32.2. The van der Waals surface area contributed by atoms with Crippen molar-refractivity contribution >= 4 is 34.8 Å². The van der Waals surface area contributed by atoms with Gasteiger partial charge in [-0.3, -0.25) is 9.59 Å². The summed E-state index contributed by atoms with van der Waals surface area (Å²) in [5.74, 6) is 2.73. The van der Waals surface area contributed by atoms with Crippen LogP contribution in [0.3, 0.4) is 0 Å². The fraction of sp³-hybridized carbons (Fsp3) is 0.188. The van der Waals surface area contributed by atoms with Crippen molar-refractivity contribution in [2.75, 3.05) is 13.7 Å². The van der Waals surface area contributed by atoms with E-state index in [-0.39, 0.29) is 17.7 Å². The number of methoxy groups -OCH3 is 1. The highest BCUT2D eigenvalue weighted by Gasteiger charge is 2.22. The third-order valence-corrected chi connectivity index (χ3v) is 3.60. The van der Waals surface area contributed by atoms with Gasteiger partial charge in [0.1, 0.15) is 6.61 Å². The van der Waals surface area contributed by atoms with Gasteiger partial charge in [0.15, 0.2) is 16.7 Å². The number of hydrogen-bond acceptors (Lipinski definition) is 5. The first-order valence-electron chi connectivity index (χ1n) is 6.58. The third-order valence-electron chi connectivity index (χ3n) is 2.70. The van der Waals surface area contributed by atoms with Gasteiger partial charge in [0.05, 0.1) is 12.0 Å². The molecule has 0 bridgehead atoms. The van der Waals surface area contributed by atoms with Crippen LogP contribution in [0.2, 0.25) is 0 Å². The van der Waals surface area contributed by atoms with Crippen LogP contribution in [0.1, 0.15) is 12.5 Å². The second-order valence-corrected chi connectivity index (χ2v) is 5.45. The van der Waals surface area contributed by atoms with E-state index in [2.05, 4.69) is 16.2 Å². The Morgan fingerprint density at radius 1 is 1.48 bits per heavy atom. The molecule has 2 amide bonds. The lowest BCUT2D eigenvalue weighted by molar-refractivity contribution is -0.117. The Morgan fingerprint density at radius 2 is 2.26 bits per heavy atom. The zero-order valence-electron chi connectivity index (χ0n) is 12.6. The van der Waals surface area contributed by atoms with E-state index >= 15 is 0 Å². The molecule has 2 rings (SSSR count). The number of amides is 2. The zero-order valence-corrected chi connectivity index (χ0v) is 13.4. The van der Waals surface area contributed by atoms with Crippen LogP contribution in [0.15, 0.2) is 28.1 Å². The molecule has 1 aromatic carbocycles. The van der Waals surface area contributed by atoms with Gasteiger partial charge in [-0.05, 0) is 35.5 Å². The Kier molecular flexibility index (Phi) is 5.44. The lowest BCUT2D eigenvalue weighted by Crippen LogP contribution is -2.23. The largest absolute Gasteiger partial charge is 0.493 e. The van der Waals surface area contributed by atoms with Gasteiger partial charge in [0.25, 0.3) is 5.91 Å². The number of thioether (sulfide) groups is 1. The van der Waals surface area contributed by atoms with Gasteiger partial charge in [-0.15, -0.1) is 6.42 Å². The normalized spacial score (nSPS) is 15.1. The quantitative estimate of drug-likeness (QED) is 0.673. The Labute approximate surface area is 138 Å². The minimum Gasteiger partial charge on any atom is -0.493 e. The molecule has 0 unspecified atom stereocenters. The minimum atomic E-state index is -0.398. The molecule has 6 nitrogen and oxygen atoms in total. The first-order chi connectivity index (χ1) is 11.0. The maximum atomic E-state index is 11.8. The molecule has 0 saturated heterocycles. The van der Waals surface area contributed by atoms with E-state index in [1.54, 1.807) is 24.3 Å². The molecule has 0 saturated carbocycles. The molecule has 1 aliphatic rings. The number of carbonyl (C=O) groups is 2. The van der Waals surface area contributed by atoms with Crippen molar-refractivity contribution in [3.8, 4) is 23.8 Å². The molecule has 0 atom stereocenters. The summed E-state index contributed by atoms with van der Waals surface area (Å²) in [5.41, 5.74) is 0.741. The number of rotatable bonds is 4. The molecule has 1 N–H and O–H groups in total. The predicted octanol–water partition coefficient (Wildman–Crippen LogP) is 1.81. The number of aliphatic imine (C=N–C) groups is 1. The number of hydrogen-bond donors (Lipinski definition) is 1. The van der Waals surface area contributed by atoms with Gasteiger partial charge >= 0.3 is 0 Å². The lowest BCUT2D eigenvalue weighted by Gasteiger charge is -2.09. The topological polar surface area (TPSA) is 77.0 Å². The van der Waals surface area contributed by atoms with Crippen LogP contribution in [0.25, 0.3) is 6.08 Å². The summed E-state index contributed by atoms with van der Waals surface area (Å²) in [6, 6.07) is 5.21. The molecule has 0 radical (unpaired) electrons. The molecule has 7 heteroatoms. The number of carbonyl (C=O) groups excluding carboxylic acids is 2. The molecule has 1 aromatic rings. The first kappa shape index (κ1) is 16.6. The van der Waals surface area contributed by atoms with Crippen LogP contribution in [0.5, 0.6) is 11.5 Å². The van der Waals surface area contributed by atoms with Crippen molar-refractivity contribution in [1.29, 1.82) is 0 Å². The zero-order chi connectivity index (χ0) is 16.8. The average Bonchev–Trinajstić information content (AvgIpc) is 2.84. The Bertz CT molecular complexity index is 747. The summed E-state index contributed by atoms with van der Waals surface area (Å²) in [5, 5.41) is 2.76. The van der Waals surface area contributed by atoms with Gasteiger partial charge in [-0.1, -0.05) is 12.0 Å². The van der Waals surface area contributed by atoms with Crippen LogP contribution in [0, 0.1) is 12.3 Å². The van der Waals surface area contributed by atoms with E-state index in [0.717, 1.165) is 17.3 Å². The monoisotopic (exact) mass is 330 g/mol. The minimum absolute atomic E-state index is 0.138. The predicted molar refractivity (Wildman–Crippen MR) is 89.1 cm³/mol. The molecule has 0 aliphatic carbocycles. The molecule has 0 spiro atoms. The standard InChI is InChI=1S/C16H14N2O4S/c1-4-7-22-12-6-5-11(8-13(12)21-3)9-14-15(20)18-16(23-14)17-10(2)19/h1,5-6,8-9H,7H2,2-3H3,(H,17,18,19,20)/b14-9-. The highest BCUT2D eigenvalue weighted by molar-refractivity contribution is 8.18. The SMILES string of the molecule is C#CCOc1ccc(/C=C2\SC(NC(C)=O)=NC2=O)cc1OC. The van der Waals surface area contributed by atoms with Crippen molar-refractivity contribution in [1.82, 2.24) is 5.32 Å². The number of terminal acetylenes is 1. The van der Waals surface area contributed by atoms with Crippen LogP contribution < -0.4 is 14.8 Å². The fourth-order valence-corrected chi connectivity index (χ4v) is 2.64. The van der Waals surface area contributed by atoms with E-state index in [9.17, 15) is 9.59 Å². The Balaban J connectivity index is 2.19. The van der Waals surface area contributed by atoms with Crippen molar-refractivity contribution in [2.45, 2.75) is 6.92 Å². The smallest absolute Gasteiger partial charge is 0.286 e. The van der Waals surface area contributed by atoms with Crippen LogP contribution in [-0.4, -0.2) is 30.7 Å². The van der Waals surface area contributed by atoms with E-state index in [4.69, 9.17) is 15.9 Å². The van der Waals surface area contributed by atoms with E-state index in [0.29, 0.717) is 16.4 Å². The van der Waals surface area contributed by atoms with E-state index in [1.807, 2.05) is 0 Å². The van der Waals surface area contributed by atoms with Crippen molar-refractivity contribution in [3.63, 3.8) is 0 Å². The molecule has 1 heterocycles. The molecule has 118 valence electrons. The van der Waals surface area contributed by atoms with Crippen LogP contribution in [-0.2, 0) is 9.59 Å². The summed E-state index contributed by atoms with van der Waals surface area (Å²) in [6.07, 6.45) is 6.83. The first-order valence-corrected chi connectivity index (χ1v) is 7.39. The summed E-state index contributed by atoms with van der Waals surface area (Å²) in [7, 11) is 1.52. The second-order valence-electron chi connectivity index (χ2n) is 4.42. The van der Waals surface area contributed by atoms with Crippen molar-refractivity contribution in [2.24, 2.45) is 4.99 Å². The maximum Gasteiger partial charge on any atom is 0.286 e. The third kappa shape index (κ3) is 4.37. The average molecular weight is 330 g/mol. The molecule has 1 aliphatic heterocycles. The number of nitrogens with zero attached hydrogens (tertiary/aromatic N) is 1. The summed E-state index contributed by atoms with van der Waals surface area (Å²) >= 11 is 1.10. The number of nitrogens with one attached hydrogen (secondary N) is 1. The molecule has 23 heavy (non-hydrogen) atoms. The summed E-state index contributed by atoms with van der Waals surface area (Å²) < 4.78 is 10.6. The summed E-state index contributed by atoms with van der Waals surface area (Å²) in [4.78, 5) is 27.0. The van der Waals surface area contributed by atoms with Crippen LogP contribution >= 0.6 is 11.8 Å². The maximum absolute atomic E-state index is 11.8. The highest BCUT2D eigenvalue weighted by Crippen LogP contribution is 2.32. The lowest BCUT2D eigenvalue weighted by atomic mass is 10.2. The van der Waals surface area contributed by atoms with Crippen molar-refractivity contribution < 1.29 is 19.1 Å². The Hall–Kier alpha value is -2.72. The van der Waals surface area contributed by atoms with Gasteiger partial charge in [-0.2, -0.15) is 4.99 Å². The van der Waals surface area contributed by atoms with Gasteiger partial charge in [-0.25, -0.2) is 0 Å². The second kappa shape index (κ2) is 7.51. The molecule has 0 aromatic heterocycles. The van der Waals surface area contributed by atoms with Gasteiger partial charge < -0.3 is 14.8 Å². The van der Waals surface area contributed by atoms with Crippen LogP contribution in [0.4, 0.5) is 0 Å². The fourth-order valence-electron chi connectivity index (χ4n) is 1.78. The van der Waals surface area contributed by atoms with E-state index in [1.165, 1.54) is 14.0 Å².